The van der Waals surface area contributed by atoms with E-state index in [0.29, 0.717) is 19.5 Å². The van der Waals surface area contributed by atoms with Crippen LogP contribution in [0.3, 0.4) is 0 Å². The molecule has 1 aliphatic heterocycles. The molecular formula is C14H26N2O3S. The summed E-state index contributed by atoms with van der Waals surface area (Å²) in [5.74, 6) is 0.452. The Bertz CT molecular complexity index is 447. The van der Waals surface area contributed by atoms with E-state index in [0.717, 1.165) is 32.1 Å². The third kappa shape index (κ3) is 3.59. The van der Waals surface area contributed by atoms with Crippen molar-refractivity contribution >= 4 is 16.0 Å². The first-order chi connectivity index (χ1) is 9.42. The molecule has 0 aromatic rings. The fourth-order valence-corrected chi connectivity index (χ4v) is 4.92. The summed E-state index contributed by atoms with van der Waals surface area (Å²) in [7, 11) is -3.46. The van der Waals surface area contributed by atoms with Crippen LogP contribution < -0.4 is 4.72 Å². The van der Waals surface area contributed by atoms with E-state index in [9.17, 15) is 13.2 Å². The first kappa shape index (κ1) is 15.9. The highest BCUT2D eigenvalue weighted by Gasteiger charge is 2.41. The average Bonchev–Trinajstić information content (AvgIpc) is 2.83. The minimum Gasteiger partial charge on any atom is -0.299 e. The topological polar surface area (TPSA) is 66.5 Å². The Morgan fingerprint density at radius 2 is 2.00 bits per heavy atom. The van der Waals surface area contributed by atoms with Gasteiger partial charge in [0.1, 0.15) is 5.78 Å². The number of hydrogen-bond donors (Lipinski definition) is 1. The van der Waals surface area contributed by atoms with Gasteiger partial charge in [-0.25, -0.2) is 4.72 Å². The van der Waals surface area contributed by atoms with Crippen LogP contribution in [-0.4, -0.2) is 37.6 Å². The maximum Gasteiger partial charge on any atom is 0.279 e. The van der Waals surface area contributed by atoms with Crippen molar-refractivity contribution in [2.45, 2.75) is 58.4 Å². The lowest BCUT2D eigenvalue weighted by molar-refractivity contribution is -0.122. The summed E-state index contributed by atoms with van der Waals surface area (Å²) < 4.78 is 29.2. The molecule has 0 amide bonds. The van der Waals surface area contributed by atoms with E-state index in [2.05, 4.69) is 4.72 Å². The number of hydrogen-bond acceptors (Lipinski definition) is 3. The molecule has 1 saturated carbocycles. The molecule has 2 rings (SSSR count). The van der Waals surface area contributed by atoms with Crippen molar-refractivity contribution in [1.82, 2.24) is 9.03 Å². The van der Waals surface area contributed by atoms with Gasteiger partial charge in [0.25, 0.3) is 10.2 Å². The van der Waals surface area contributed by atoms with Crippen LogP contribution in [0.15, 0.2) is 0 Å². The molecule has 1 N–H and O–H groups in total. The average molecular weight is 302 g/mol. The summed E-state index contributed by atoms with van der Waals surface area (Å²) in [5, 5.41) is 0. The van der Waals surface area contributed by atoms with Crippen molar-refractivity contribution in [1.29, 1.82) is 0 Å². The minimum absolute atomic E-state index is 0.0778. The van der Waals surface area contributed by atoms with Crippen molar-refractivity contribution in [2.24, 2.45) is 11.8 Å². The van der Waals surface area contributed by atoms with Gasteiger partial charge in [0.15, 0.2) is 0 Å². The van der Waals surface area contributed by atoms with Gasteiger partial charge in [-0.05, 0) is 31.6 Å². The van der Waals surface area contributed by atoms with Gasteiger partial charge >= 0.3 is 0 Å². The molecule has 0 bridgehead atoms. The minimum atomic E-state index is -3.46. The van der Waals surface area contributed by atoms with Gasteiger partial charge in [-0.2, -0.15) is 12.7 Å². The molecule has 2 fully saturated rings. The third-order valence-corrected chi connectivity index (χ3v) is 5.90. The fraction of sp³-hybridized carbons (Fsp3) is 0.929. The number of rotatable bonds is 5. The zero-order chi connectivity index (χ0) is 14.8. The largest absolute Gasteiger partial charge is 0.299 e. The second-order valence-electron chi connectivity index (χ2n) is 6.39. The zero-order valence-electron chi connectivity index (χ0n) is 12.5. The Hall–Kier alpha value is -0.460. The Morgan fingerprint density at radius 1 is 1.25 bits per heavy atom. The first-order valence-corrected chi connectivity index (χ1v) is 9.15. The monoisotopic (exact) mass is 302 g/mol. The van der Waals surface area contributed by atoms with E-state index < -0.39 is 10.2 Å². The summed E-state index contributed by atoms with van der Waals surface area (Å²) in [6.07, 6.45) is 5.10. The van der Waals surface area contributed by atoms with Crippen LogP contribution in [0, 0.1) is 11.8 Å². The number of carbonyl (C=O) groups excluding carboxylic acids is 1. The van der Waals surface area contributed by atoms with Crippen LogP contribution in [0.1, 0.15) is 52.4 Å². The molecule has 20 heavy (non-hydrogen) atoms. The van der Waals surface area contributed by atoms with Crippen LogP contribution in [0.25, 0.3) is 0 Å². The molecule has 2 unspecified atom stereocenters. The summed E-state index contributed by atoms with van der Waals surface area (Å²) in [4.78, 5) is 12.0. The van der Waals surface area contributed by atoms with Gasteiger partial charge in [-0.3, -0.25) is 4.79 Å². The molecule has 2 aliphatic rings. The molecule has 0 radical (unpaired) electrons. The van der Waals surface area contributed by atoms with Crippen molar-refractivity contribution < 1.29 is 13.2 Å². The molecular weight excluding hydrogens is 276 g/mol. The van der Waals surface area contributed by atoms with Crippen LogP contribution in [0.4, 0.5) is 0 Å². The van der Waals surface area contributed by atoms with Gasteiger partial charge in [-0.1, -0.05) is 20.3 Å². The first-order valence-electron chi connectivity index (χ1n) is 7.71. The molecule has 1 aliphatic carbocycles. The summed E-state index contributed by atoms with van der Waals surface area (Å²) >= 11 is 0. The molecule has 0 aromatic heterocycles. The van der Waals surface area contributed by atoms with E-state index in [4.69, 9.17) is 0 Å². The molecule has 5 nitrogen and oxygen atoms in total. The van der Waals surface area contributed by atoms with Crippen molar-refractivity contribution in [3.8, 4) is 0 Å². The standard InChI is InChI=1S/C14H26N2O3S/c1-11(2)10-15-20(18,19)16-9-4-3-7-13(16)12-6-5-8-14(12)17/h11-13,15H,3-10H2,1-2H3. The van der Waals surface area contributed by atoms with Crippen LogP contribution in [0.2, 0.25) is 0 Å². The fourth-order valence-electron chi connectivity index (χ4n) is 3.24. The Labute approximate surface area is 122 Å². The number of nitrogens with zero attached hydrogens (tertiary/aromatic N) is 1. The maximum atomic E-state index is 12.5. The van der Waals surface area contributed by atoms with E-state index in [1.807, 2.05) is 13.8 Å². The molecule has 116 valence electrons. The quantitative estimate of drug-likeness (QED) is 0.840. The lowest BCUT2D eigenvalue weighted by atomic mass is 9.90. The molecule has 6 heteroatoms. The molecule has 1 saturated heterocycles. The van der Waals surface area contributed by atoms with Gasteiger partial charge < -0.3 is 0 Å². The lowest BCUT2D eigenvalue weighted by Gasteiger charge is -2.37. The van der Waals surface area contributed by atoms with Crippen molar-refractivity contribution in [3.63, 3.8) is 0 Å². The zero-order valence-corrected chi connectivity index (χ0v) is 13.3. The van der Waals surface area contributed by atoms with Crippen molar-refractivity contribution in [2.75, 3.05) is 13.1 Å². The van der Waals surface area contributed by atoms with E-state index >= 15 is 0 Å². The predicted octanol–water partition coefficient (Wildman–Crippen LogP) is 1.70. The number of piperidine rings is 1. The summed E-state index contributed by atoms with van der Waals surface area (Å²) in [6, 6.07) is -0.122. The number of ketones is 1. The smallest absolute Gasteiger partial charge is 0.279 e. The number of nitrogens with one attached hydrogen (secondary N) is 1. The third-order valence-electron chi connectivity index (χ3n) is 4.30. The van der Waals surface area contributed by atoms with Gasteiger partial charge in [0.05, 0.1) is 0 Å². The highest BCUT2D eigenvalue weighted by Crippen LogP contribution is 2.33. The van der Waals surface area contributed by atoms with Crippen LogP contribution >= 0.6 is 0 Å². The Balaban J connectivity index is 2.11. The number of carbonyl (C=O) groups is 1. The van der Waals surface area contributed by atoms with Gasteiger partial charge in [0.2, 0.25) is 0 Å². The Kier molecular flexibility index (Phi) is 5.20. The lowest BCUT2D eigenvalue weighted by Crippen LogP contribution is -2.52. The SMILES string of the molecule is CC(C)CNS(=O)(=O)N1CCCCC1C1CCCC1=O. The molecule has 0 spiro atoms. The molecule has 0 aromatic carbocycles. The predicted molar refractivity (Wildman–Crippen MR) is 78.5 cm³/mol. The Morgan fingerprint density at radius 3 is 2.60 bits per heavy atom. The van der Waals surface area contributed by atoms with Crippen molar-refractivity contribution in [3.05, 3.63) is 0 Å². The van der Waals surface area contributed by atoms with E-state index in [-0.39, 0.29) is 23.7 Å². The molecule has 2 atom stereocenters. The normalized spacial score (nSPS) is 29.2. The van der Waals surface area contributed by atoms with E-state index in [1.165, 1.54) is 0 Å². The van der Waals surface area contributed by atoms with E-state index in [1.54, 1.807) is 4.31 Å². The highest BCUT2D eigenvalue weighted by molar-refractivity contribution is 7.87. The second-order valence-corrected chi connectivity index (χ2v) is 8.09. The van der Waals surface area contributed by atoms with Gasteiger partial charge in [0, 0.05) is 31.5 Å². The van der Waals surface area contributed by atoms with Crippen LogP contribution in [-0.2, 0) is 15.0 Å². The maximum absolute atomic E-state index is 12.5. The summed E-state index contributed by atoms with van der Waals surface area (Å²) in [5.41, 5.74) is 0. The molecule has 1 heterocycles. The van der Waals surface area contributed by atoms with Gasteiger partial charge in [-0.15, -0.1) is 0 Å². The second kappa shape index (κ2) is 6.54. The number of Topliss-reactive ketones (excluding diaryl/α,β-unsaturated/α-hetero) is 1. The highest BCUT2D eigenvalue weighted by atomic mass is 32.2. The van der Waals surface area contributed by atoms with Crippen LogP contribution in [0.5, 0.6) is 0 Å². The summed E-state index contributed by atoms with van der Waals surface area (Å²) in [6.45, 7) is 4.96.